The van der Waals surface area contributed by atoms with Crippen molar-refractivity contribution in [1.82, 2.24) is 0 Å². The molecule has 16 heavy (non-hydrogen) atoms. The molecule has 2 nitrogen and oxygen atoms in total. The Morgan fingerprint density at radius 2 is 1.94 bits per heavy atom. The van der Waals surface area contributed by atoms with E-state index in [0.29, 0.717) is 0 Å². The number of rotatable bonds is 2. The summed E-state index contributed by atoms with van der Waals surface area (Å²) in [5.74, 6) is 0.0927. The lowest BCUT2D eigenvalue weighted by molar-refractivity contribution is -0.112. The van der Waals surface area contributed by atoms with Crippen LogP contribution in [-0.4, -0.2) is 17.0 Å². The van der Waals surface area contributed by atoms with Crippen molar-refractivity contribution in [3.05, 3.63) is 23.8 Å². The molecule has 2 aliphatic rings. The van der Waals surface area contributed by atoms with Crippen molar-refractivity contribution >= 4 is 5.78 Å². The van der Waals surface area contributed by atoms with Gasteiger partial charge in [-0.2, -0.15) is 0 Å². The molecule has 1 aliphatic heterocycles. The number of allylic oxidation sites excluding steroid dienone is 2. The second-order valence-corrected chi connectivity index (χ2v) is 5.82. The molecule has 0 bridgehead atoms. The lowest BCUT2D eigenvalue weighted by Crippen LogP contribution is -2.41. The number of hydrogen-bond donors (Lipinski definition) is 0. The minimum absolute atomic E-state index is 0.0481. The molecule has 1 saturated heterocycles. The summed E-state index contributed by atoms with van der Waals surface area (Å²) in [5, 5.41) is 0. The highest BCUT2D eigenvalue weighted by atomic mass is 16.6. The van der Waals surface area contributed by atoms with Gasteiger partial charge < -0.3 is 4.74 Å². The van der Waals surface area contributed by atoms with Crippen LogP contribution in [0.15, 0.2) is 23.8 Å². The Labute approximate surface area is 97.4 Å². The quantitative estimate of drug-likeness (QED) is 0.406. The number of ether oxygens (including phenoxy) is 1. The van der Waals surface area contributed by atoms with Crippen LogP contribution < -0.4 is 0 Å². The predicted octanol–water partition coefficient (Wildman–Crippen LogP) is 3.04. The van der Waals surface area contributed by atoms with Gasteiger partial charge in [-0.3, -0.25) is 4.79 Å². The van der Waals surface area contributed by atoms with Crippen molar-refractivity contribution < 1.29 is 9.53 Å². The van der Waals surface area contributed by atoms with E-state index in [0.717, 1.165) is 12.0 Å². The lowest BCUT2D eigenvalue weighted by Gasteiger charge is -2.36. The van der Waals surface area contributed by atoms with Gasteiger partial charge in [-0.1, -0.05) is 26.0 Å². The average Bonchev–Trinajstić information content (AvgIpc) is 2.73. The minimum Gasteiger partial charge on any atom is -0.353 e. The maximum atomic E-state index is 11.2. The van der Waals surface area contributed by atoms with Gasteiger partial charge in [-0.05, 0) is 38.8 Å². The summed E-state index contributed by atoms with van der Waals surface area (Å²) in [6, 6.07) is 0. The standard InChI is InChI=1S/C14H20O2/c1-10(9-11(2)15)14-12(3,4)7-6-8-13(14,5)16-14/h6,8-9H,7H2,1-5H3/b10-9+. The Kier molecular flexibility index (Phi) is 2.22. The van der Waals surface area contributed by atoms with Gasteiger partial charge >= 0.3 is 0 Å². The molecule has 1 fully saturated rings. The molecule has 2 unspecified atom stereocenters. The molecule has 2 heteroatoms. The van der Waals surface area contributed by atoms with Gasteiger partial charge in [0.2, 0.25) is 0 Å². The summed E-state index contributed by atoms with van der Waals surface area (Å²) in [5.41, 5.74) is 0.606. The van der Waals surface area contributed by atoms with Gasteiger partial charge in [0.1, 0.15) is 11.2 Å². The third kappa shape index (κ3) is 1.26. The van der Waals surface area contributed by atoms with Crippen LogP contribution in [0.5, 0.6) is 0 Å². The molecule has 0 aromatic carbocycles. The minimum atomic E-state index is -0.277. The average molecular weight is 220 g/mol. The fraction of sp³-hybridized carbons (Fsp3) is 0.643. The molecule has 0 amide bonds. The van der Waals surface area contributed by atoms with E-state index in [4.69, 9.17) is 4.74 Å². The Hall–Kier alpha value is -0.890. The molecule has 0 saturated carbocycles. The Bertz CT molecular complexity index is 403. The number of epoxide rings is 1. The number of fused-ring (bicyclic) bond motifs is 1. The molecule has 0 spiro atoms. The van der Waals surface area contributed by atoms with Gasteiger partial charge in [-0.15, -0.1) is 0 Å². The van der Waals surface area contributed by atoms with Crippen molar-refractivity contribution in [2.24, 2.45) is 5.41 Å². The molecule has 1 aliphatic carbocycles. The first-order chi connectivity index (χ1) is 7.25. The topological polar surface area (TPSA) is 29.6 Å². The van der Waals surface area contributed by atoms with E-state index >= 15 is 0 Å². The van der Waals surface area contributed by atoms with Crippen LogP contribution in [0.3, 0.4) is 0 Å². The zero-order valence-electron chi connectivity index (χ0n) is 10.8. The Morgan fingerprint density at radius 3 is 2.44 bits per heavy atom. The first kappa shape index (κ1) is 11.6. The van der Waals surface area contributed by atoms with Crippen molar-refractivity contribution in [1.29, 1.82) is 0 Å². The van der Waals surface area contributed by atoms with Crippen LogP contribution in [0.1, 0.15) is 41.0 Å². The molecule has 2 rings (SSSR count). The van der Waals surface area contributed by atoms with Gasteiger partial charge in [-0.25, -0.2) is 0 Å². The Morgan fingerprint density at radius 1 is 1.31 bits per heavy atom. The van der Waals surface area contributed by atoms with Crippen LogP contribution in [0.2, 0.25) is 0 Å². The molecule has 88 valence electrons. The van der Waals surface area contributed by atoms with Crippen molar-refractivity contribution in [2.75, 3.05) is 0 Å². The molecule has 0 aromatic heterocycles. The SMILES string of the molecule is CC(=O)/C=C(\C)C12OC1(C)C=CCC2(C)C. The van der Waals surface area contributed by atoms with Crippen molar-refractivity contribution in [3.63, 3.8) is 0 Å². The molecule has 2 atom stereocenters. The largest absolute Gasteiger partial charge is 0.353 e. The van der Waals surface area contributed by atoms with E-state index in [1.807, 2.05) is 6.92 Å². The van der Waals surface area contributed by atoms with Crippen LogP contribution in [0.4, 0.5) is 0 Å². The molecule has 1 heterocycles. The third-order valence-corrected chi connectivity index (χ3v) is 4.01. The number of ketones is 1. The maximum Gasteiger partial charge on any atom is 0.152 e. The molecular weight excluding hydrogens is 200 g/mol. The van der Waals surface area contributed by atoms with Crippen LogP contribution in [0, 0.1) is 5.41 Å². The highest BCUT2D eigenvalue weighted by molar-refractivity contribution is 5.88. The maximum absolute atomic E-state index is 11.2. The number of carbonyl (C=O) groups is 1. The van der Waals surface area contributed by atoms with Crippen LogP contribution in [-0.2, 0) is 9.53 Å². The van der Waals surface area contributed by atoms with Crippen molar-refractivity contribution in [2.45, 2.75) is 52.2 Å². The van der Waals surface area contributed by atoms with Crippen LogP contribution >= 0.6 is 0 Å². The second kappa shape index (κ2) is 3.07. The highest BCUT2D eigenvalue weighted by Gasteiger charge is 2.74. The predicted molar refractivity (Wildman–Crippen MR) is 64.2 cm³/mol. The van der Waals surface area contributed by atoms with E-state index in [1.54, 1.807) is 13.0 Å². The van der Waals surface area contributed by atoms with Gasteiger partial charge in [0.15, 0.2) is 5.78 Å². The fourth-order valence-corrected chi connectivity index (χ4v) is 3.39. The van der Waals surface area contributed by atoms with E-state index in [-0.39, 0.29) is 22.4 Å². The van der Waals surface area contributed by atoms with Gasteiger partial charge in [0.05, 0.1) is 0 Å². The van der Waals surface area contributed by atoms with E-state index in [9.17, 15) is 4.79 Å². The lowest BCUT2D eigenvalue weighted by atomic mass is 9.64. The monoisotopic (exact) mass is 220 g/mol. The summed E-state index contributed by atoms with van der Waals surface area (Å²) in [4.78, 5) is 11.2. The summed E-state index contributed by atoms with van der Waals surface area (Å²) in [7, 11) is 0. The first-order valence-electron chi connectivity index (χ1n) is 5.82. The molecule has 0 radical (unpaired) electrons. The summed E-state index contributed by atoms with van der Waals surface area (Å²) >= 11 is 0. The summed E-state index contributed by atoms with van der Waals surface area (Å²) in [6.45, 7) is 10.1. The van der Waals surface area contributed by atoms with Gasteiger partial charge in [0.25, 0.3) is 0 Å². The molecule has 0 aromatic rings. The Balaban J connectivity index is 2.46. The first-order valence-corrected chi connectivity index (χ1v) is 5.82. The van der Waals surface area contributed by atoms with Gasteiger partial charge in [0, 0.05) is 5.41 Å². The summed E-state index contributed by atoms with van der Waals surface area (Å²) in [6.07, 6.45) is 7.03. The summed E-state index contributed by atoms with van der Waals surface area (Å²) < 4.78 is 6.02. The number of hydrogen-bond acceptors (Lipinski definition) is 2. The highest BCUT2D eigenvalue weighted by Crippen LogP contribution is 2.66. The second-order valence-electron chi connectivity index (χ2n) is 5.82. The zero-order chi connectivity index (χ0) is 12.2. The van der Waals surface area contributed by atoms with Crippen molar-refractivity contribution in [3.8, 4) is 0 Å². The fourth-order valence-electron chi connectivity index (χ4n) is 3.39. The van der Waals surface area contributed by atoms with E-state index in [1.165, 1.54) is 0 Å². The number of carbonyl (C=O) groups excluding carboxylic acids is 1. The van der Waals surface area contributed by atoms with E-state index < -0.39 is 0 Å². The normalized spacial score (nSPS) is 40.4. The van der Waals surface area contributed by atoms with E-state index in [2.05, 4.69) is 32.9 Å². The molecule has 0 N–H and O–H groups in total. The smallest absolute Gasteiger partial charge is 0.152 e. The third-order valence-electron chi connectivity index (χ3n) is 4.01. The zero-order valence-corrected chi connectivity index (χ0v) is 10.8. The molecular formula is C14H20O2. The van der Waals surface area contributed by atoms with Crippen LogP contribution in [0.25, 0.3) is 0 Å².